The minimum absolute atomic E-state index is 0.0867. The summed E-state index contributed by atoms with van der Waals surface area (Å²) in [6.07, 6.45) is 1.90. The van der Waals surface area contributed by atoms with Crippen LogP contribution in [0.1, 0.15) is 25.3 Å². The molecular formula is C12H14FN3O. The van der Waals surface area contributed by atoms with Gasteiger partial charge in [0.25, 0.3) is 0 Å². The number of halogens is 1. The highest BCUT2D eigenvalue weighted by molar-refractivity contribution is 5.89. The average molecular weight is 235 g/mol. The van der Waals surface area contributed by atoms with Crippen molar-refractivity contribution in [1.82, 2.24) is 5.32 Å². The number of nitrogens with one attached hydrogen (secondary N) is 2. The number of carbonyl (C=O) groups is 1. The first-order valence-electron chi connectivity index (χ1n) is 5.42. The SMILES string of the molecule is CCCCNC(=O)Nc1ccc(F)c(C#N)c1. The number of benzene rings is 1. The van der Waals surface area contributed by atoms with Crippen molar-refractivity contribution in [3.05, 3.63) is 29.6 Å². The molecule has 0 aliphatic carbocycles. The highest BCUT2D eigenvalue weighted by Crippen LogP contribution is 2.13. The lowest BCUT2D eigenvalue weighted by Gasteiger charge is -2.07. The second-order valence-electron chi connectivity index (χ2n) is 3.54. The molecule has 2 amide bonds. The van der Waals surface area contributed by atoms with Gasteiger partial charge in [0.2, 0.25) is 0 Å². The molecule has 0 saturated carbocycles. The van der Waals surface area contributed by atoms with Crippen LogP contribution in [-0.2, 0) is 0 Å². The van der Waals surface area contributed by atoms with Crippen LogP contribution in [0.2, 0.25) is 0 Å². The Bertz CT molecular complexity index is 440. The third-order valence-corrected chi connectivity index (χ3v) is 2.16. The minimum atomic E-state index is -0.593. The molecule has 0 fully saturated rings. The number of carbonyl (C=O) groups excluding carboxylic acids is 1. The van der Waals surface area contributed by atoms with E-state index in [4.69, 9.17) is 5.26 Å². The van der Waals surface area contributed by atoms with Crippen LogP contribution in [0.4, 0.5) is 14.9 Å². The molecule has 1 rings (SSSR count). The van der Waals surface area contributed by atoms with Crippen LogP contribution >= 0.6 is 0 Å². The van der Waals surface area contributed by atoms with E-state index in [1.807, 2.05) is 6.92 Å². The van der Waals surface area contributed by atoms with Gasteiger partial charge in [0.1, 0.15) is 11.9 Å². The van der Waals surface area contributed by atoms with Crippen LogP contribution in [0.3, 0.4) is 0 Å². The molecule has 0 unspecified atom stereocenters. The van der Waals surface area contributed by atoms with Crippen molar-refractivity contribution in [2.45, 2.75) is 19.8 Å². The largest absolute Gasteiger partial charge is 0.338 e. The maximum absolute atomic E-state index is 13.0. The van der Waals surface area contributed by atoms with Gasteiger partial charge in [-0.3, -0.25) is 0 Å². The van der Waals surface area contributed by atoms with E-state index >= 15 is 0 Å². The third-order valence-electron chi connectivity index (χ3n) is 2.16. The van der Waals surface area contributed by atoms with Crippen molar-refractivity contribution in [3.63, 3.8) is 0 Å². The summed E-state index contributed by atoms with van der Waals surface area (Å²) >= 11 is 0. The zero-order chi connectivity index (χ0) is 12.7. The fraction of sp³-hybridized carbons (Fsp3) is 0.333. The van der Waals surface area contributed by atoms with Crippen LogP contribution in [0.5, 0.6) is 0 Å². The average Bonchev–Trinajstić information content (AvgIpc) is 2.32. The van der Waals surface area contributed by atoms with Crippen LogP contribution < -0.4 is 10.6 Å². The van der Waals surface area contributed by atoms with E-state index in [9.17, 15) is 9.18 Å². The maximum Gasteiger partial charge on any atom is 0.319 e. The summed E-state index contributed by atoms with van der Waals surface area (Å²) in [5.74, 6) is -0.593. The van der Waals surface area contributed by atoms with Crippen molar-refractivity contribution >= 4 is 11.7 Å². The number of anilines is 1. The molecule has 0 aromatic heterocycles. The number of amides is 2. The van der Waals surface area contributed by atoms with E-state index in [-0.39, 0.29) is 11.6 Å². The summed E-state index contributed by atoms with van der Waals surface area (Å²) in [5.41, 5.74) is 0.313. The molecule has 0 radical (unpaired) electrons. The van der Waals surface area contributed by atoms with Gasteiger partial charge in [-0.1, -0.05) is 13.3 Å². The second-order valence-corrected chi connectivity index (χ2v) is 3.54. The number of hydrogen-bond acceptors (Lipinski definition) is 2. The van der Waals surface area contributed by atoms with Gasteiger partial charge in [0, 0.05) is 12.2 Å². The molecule has 0 saturated heterocycles. The quantitative estimate of drug-likeness (QED) is 0.788. The Morgan fingerprint density at radius 3 is 2.94 bits per heavy atom. The Hall–Kier alpha value is -2.09. The van der Waals surface area contributed by atoms with E-state index in [0.717, 1.165) is 18.9 Å². The predicted molar refractivity (Wildman–Crippen MR) is 63.0 cm³/mol. The Morgan fingerprint density at radius 2 is 2.29 bits per heavy atom. The Balaban J connectivity index is 2.57. The monoisotopic (exact) mass is 235 g/mol. The van der Waals surface area contributed by atoms with E-state index in [1.54, 1.807) is 6.07 Å². The summed E-state index contributed by atoms with van der Waals surface area (Å²) in [5, 5.41) is 13.8. The zero-order valence-electron chi connectivity index (χ0n) is 9.59. The van der Waals surface area contributed by atoms with Gasteiger partial charge >= 0.3 is 6.03 Å². The fourth-order valence-corrected chi connectivity index (χ4v) is 1.24. The molecule has 1 aromatic carbocycles. The van der Waals surface area contributed by atoms with Gasteiger partial charge in [-0.25, -0.2) is 9.18 Å². The van der Waals surface area contributed by atoms with Gasteiger partial charge < -0.3 is 10.6 Å². The molecule has 5 heteroatoms. The van der Waals surface area contributed by atoms with Crippen LogP contribution in [-0.4, -0.2) is 12.6 Å². The number of hydrogen-bond donors (Lipinski definition) is 2. The molecule has 0 atom stereocenters. The fourth-order valence-electron chi connectivity index (χ4n) is 1.24. The molecule has 0 bridgehead atoms. The van der Waals surface area contributed by atoms with Gasteiger partial charge in [0.15, 0.2) is 0 Å². The molecule has 4 nitrogen and oxygen atoms in total. The highest BCUT2D eigenvalue weighted by atomic mass is 19.1. The summed E-state index contributed by atoms with van der Waals surface area (Å²) in [6, 6.07) is 5.23. The molecule has 90 valence electrons. The Morgan fingerprint density at radius 1 is 1.53 bits per heavy atom. The Kier molecular flexibility index (Phi) is 4.95. The summed E-state index contributed by atoms with van der Waals surface area (Å²) in [6.45, 7) is 2.62. The molecule has 0 heterocycles. The topological polar surface area (TPSA) is 64.9 Å². The molecule has 0 aliphatic rings. The Labute approximate surface area is 99.4 Å². The summed E-state index contributed by atoms with van der Waals surface area (Å²) < 4.78 is 13.0. The van der Waals surface area contributed by atoms with Crippen molar-refractivity contribution in [2.75, 3.05) is 11.9 Å². The van der Waals surface area contributed by atoms with Crippen LogP contribution in [0.25, 0.3) is 0 Å². The van der Waals surface area contributed by atoms with Crippen LogP contribution in [0.15, 0.2) is 18.2 Å². The number of nitrogens with zero attached hydrogens (tertiary/aromatic N) is 1. The first kappa shape index (κ1) is 13.0. The van der Waals surface area contributed by atoms with E-state index in [2.05, 4.69) is 10.6 Å². The third kappa shape index (κ3) is 4.11. The first-order chi connectivity index (χ1) is 8.17. The van der Waals surface area contributed by atoms with E-state index in [1.165, 1.54) is 12.1 Å². The van der Waals surface area contributed by atoms with Crippen molar-refractivity contribution in [3.8, 4) is 6.07 Å². The van der Waals surface area contributed by atoms with E-state index < -0.39 is 5.82 Å². The minimum Gasteiger partial charge on any atom is -0.338 e. The summed E-state index contributed by atoms with van der Waals surface area (Å²) in [7, 11) is 0. The lowest BCUT2D eigenvalue weighted by Crippen LogP contribution is -2.29. The van der Waals surface area contributed by atoms with Gasteiger partial charge in [-0.15, -0.1) is 0 Å². The van der Waals surface area contributed by atoms with E-state index in [0.29, 0.717) is 12.2 Å². The molecule has 0 aliphatic heterocycles. The molecule has 1 aromatic rings. The normalized spacial score (nSPS) is 9.47. The van der Waals surface area contributed by atoms with Gasteiger partial charge in [0.05, 0.1) is 5.56 Å². The highest BCUT2D eigenvalue weighted by Gasteiger charge is 2.05. The molecular weight excluding hydrogens is 221 g/mol. The van der Waals surface area contributed by atoms with Crippen molar-refractivity contribution < 1.29 is 9.18 Å². The first-order valence-corrected chi connectivity index (χ1v) is 5.42. The number of unbranched alkanes of at least 4 members (excludes halogenated alkanes) is 1. The molecule has 2 N–H and O–H groups in total. The smallest absolute Gasteiger partial charge is 0.319 e. The lowest BCUT2D eigenvalue weighted by atomic mass is 10.2. The number of nitriles is 1. The zero-order valence-corrected chi connectivity index (χ0v) is 9.59. The van der Waals surface area contributed by atoms with Crippen molar-refractivity contribution in [1.29, 1.82) is 5.26 Å². The maximum atomic E-state index is 13.0. The molecule has 17 heavy (non-hydrogen) atoms. The lowest BCUT2D eigenvalue weighted by molar-refractivity contribution is 0.252. The summed E-state index contributed by atoms with van der Waals surface area (Å²) in [4.78, 5) is 11.4. The predicted octanol–water partition coefficient (Wildman–Crippen LogP) is 2.62. The van der Waals surface area contributed by atoms with Crippen LogP contribution in [0, 0.1) is 17.1 Å². The molecule has 0 spiro atoms. The van der Waals surface area contributed by atoms with Crippen molar-refractivity contribution in [2.24, 2.45) is 0 Å². The second kappa shape index (κ2) is 6.48. The number of urea groups is 1. The van der Waals surface area contributed by atoms with Gasteiger partial charge in [-0.2, -0.15) is 5.26 Å². The standard InChI is InChI=1S/C12H14FN3O/c1-2-3-6-15-12(17)16-10-4-5-11(13)9(7-10)8-14/h4-5,7H,2-3,6H2,1H3,(H2,15,16,17). The van der Waals surface area contributed by atoms with Gasteiger partial charge in [-0.05, 0) is 24.6 Å². The number of rotatable bonds is 4.